The van der Waals surface area contributed by atoms with Crippen LogP contribution < -0.4 is 14.4 Å². The number of carbonyl (C=O) groups is 1. The number of halogens is 1. The van der Waals surface area contributed by atoms with E-state index in [-0.39, 0.29) is 16.8 Å². The molecule has 3 rings (SSSR count). The van der Waals surface area contributed by atoms with Gasteiger partial charge in [0.25, 0.3) is 10.0 Å². The van der Waals surface area contributed by atoms with Gasteiger partial charge in [0.15, 0.2) is 0 Å². The van der Waals surface area contributed by atoms with E-state index in [0.717, 1.165) is 5.56 Å². The average molecular weight is 439 g/mol. The maximum atomic E-state index is 13.0. The van der Waals surface area contributed by atoms with Crippen molar-refractivity contribution in [1.82, 2.24) is 0 Å². The van der Waals surface area contributed by atoms with Crippen molar-refractivity contribution < 1.29 is 17.9 Å². The van der Waals surface area contributed by atoms with Gasteiger partial charge in [-0.1, -0.05) is 15.9 Å². The second kappa shape index (κ2) is 6.92. The summed E-state index contributed by atoms with van der Waals surface area (Å²) in [6.07, 6.45) is 0.611. The van der Waals surface area contributed by atoms with Gasteiger partial charge in [-0.25, -0.2) is 8.42 Å². The first kappa shape index (κ1) is 18.7. The largest absolute Gasteiger partial charge is 0.497 e. The number of ether oxygens (including phenoxy) is 1. The predicted molar refractivity (Wildman–Crippen MR) is 104 cm³/mol. The highest BCUT2D eigenvalue weighted by atomic mass is 79.9. The van der Waals surface area contributed by atoms with Crippen LogP contribution in [0.25, 0.3) is 0 Å². The molecule has 8 heteroatoms. The van der Waals surface area contributed by atoms with E-state index in [1.54, 1.807) is 36.3 Å². The van der Waals surface area contributed by atoms with Gasteiger partial charge >= 0.3 is 0 Å². The van der Waals surface area contributed by atoms with Gasteiger partial charge in [-0.3, -0.25) is 9.52 Å². The van der Waals surface area contributed by atoms with Crippen LogP contribution in [0.3, 0.4) is 0 Å². The molecule has 0 fully saturated rings. The molecule has 1 amide bonds. The molecule has 2 aromatic rings. The Morgan fingerprint density at radius 3 is 2.50 bits per heavy atom. The van der Waals surface area contributed by atoms with E-state index in [1.807, 2.05) is 13.0 Å². The molecule has 0 spiro atoms. The van der Waals surface area contributed by atoms with Crippen LogP contribution in [0, 0.1) is 0 Å². The Labute approximate surface area is 161 Å². The quantitative estimate of drug-likeness (QED) is 0.791. The zero-order valence-corrected chi connectivity index (χ0v) is 17.0. The Kier molecular flexibility index (Phi) is 4.98. The highest BCUT2D eigenvalue weighted by molar-refractivity contribution is 9.10. The number of rotatable bonds is 4. The molecule has 1 N–H and O–H groups in total. The van der Waals surface area contributed by atoms with Gasteiger partial charge in [0.1, 0.15) is 10.6 Å². The van der Waals surface area contributed by atoms with Crippen LogP contribution in [0.15, 0.2) is 45.8 Å². The lowest BCUT2D eigenvalue weighted by Crippen LogP contribution is -2.34. The van der Waals surface area contributed by atoms with Crippen molar-refractivity contribution in [3.05, 3.63) is 46.4 Å². The van der Waals surface area contributed by atoms with E-state index < -0.39 is 10.0 Å². The van der Waals surface area contributed by atoms with E-state index in [0.29, 0.717) is 28.0 Å². The minimum Gasteiger partial charge on any atom is -0.497 e. The Morgan fingerprint density at radius 1 is 1.27 bits per heavy atom. The number of carbonyl (C=O) groups excluding carboxylic acids is 1. The first-order valence-electron chi connectivity index (χ1n) is 8.02. The van der Waals surface area contributed by atoms with E-state index in [2.05, 4.69) is 20.7 Å². The summed E-state index contributed by atoms with van der Waals surface area (Å²) in [6.45, 7) is 3.35. The second-order valence-electron chi connectivity index (χ2n) is 6.19. The highest BCUT2D eigenvalue weighted by Crippen LogP contribution is 2.40. The molecule has 6 nitrogen and oxygen atoms in total. The summed E-state index contributed by atoms with van der Waals surface area (Å²) >= 11 is 3.38. The Balaban J connectivity index is 2.06. The minimum absolute atomic E-state index is 0.0808. The lowest BCUT2D eigenvalue weighted by atomic mass is 10.1. The van der Waals surface area contributed by atoms with Crippen molar-refractivity contribution in [2.75, 3.05) is 16.7 Å². The van der Waals surface area contributed by atoms with Crippen molar-refractivity contribution in [1.29, 1.82) is 0 Å². The second-order valence-corrected chi connectivity index (χ2v) is 8.75. The Bertz CT molecular complexity index is 958. The van der Waals surface area contributed by atoms with Gasteiger partial charge in [-0.15, -0.1) is 0 Å². The summed E-state index contributed by atoms with van der Waals surface area (Å²) in [5, 5.41) is 0. The van der Waals surface area contributed by atoms with E-state index in [4.69, 9.17) is 4.74 Å². The lowest BCUT2D eigenvalue weighted by Gasteiger charge is -2.23. The number of anilines is 2. The summed E-state index contributed by atoms with van der Waals surface area (Å²) in [7, 11) is -2.34. The molecule has 0 aliphatic carbocycles. The topological polar surface area (TPSA) is 75.7 Å². The molecule has 0 radical (unpaired) electrons. The summed E-state index contributed by atoms with van der Waals surface area (Å²) in [5.41, 5.74) is 1.70. The van der Waals surface area contributed by atoms with Crippen LogP contribution in [0.1, 0.15) is 19.4 Å². The zero-order valence-electron chi connectivity index (χ0n) is 14.6. The van der Waals surface area contributed by atoms with Crippen molar-refractivity contribution >= 4 is 43.2 Å². The number of benzene rings is 2. The number of hydrogen-bond acceptors (Lipinski definition) is 4. The standard InChI is InChI=1S/C18H19BrN2O4S/c1-11-8-13-9-14(19)10-17(18(13)21(11)12(2)22)26(23,24)20-15-4-6-16(25-3)7-5-15/h4-7,9-11,20H,8H2,1-3H3/t11-/m0/s1. The SMILES string of the molecule is COc1ccc(NS(=O)(=O)c2cc(Br)cc3c2N(C(C)=O)[C@@H](C)C3)cc1. The number of methoxy groups -OCH3 is 1. The predicted octanol–water partition coefficient (Wildman–Crippen LogP) is 3.56. The monoisotopic (exact) mass is 438 g/mol. The smallest absolute Gasteiger partial charge is 0.264 e. The van der Waals surface area contributed by atoms with Gasteiger partial charge < -0.3 is 9.64 Å². The number of hydrogen-bond donors (Lipinski definition) is 1. The number of sulfonamides is 1. The molecule has 1 aliphatic rings. The summed E-state index contributed by atoms with van der Waals surface area (Å²) in [6, 6.07) is 9.90. The van der Waals surface area contributed by atoms with Crippen LogP contribution in [0.4, 0.5) is 11.4 Å². The number of nitrogens with one attached hydrogen (secondary N) is 1. The van der Waals surface area contributed by atoms with Gasteiger partial charge in [0.2, 0.25) is 5.91 Å². The highest BCUT2D eigenvalue weighted by Gasteiger charge is 2.35. The van der Waals surface area contributed by atoms with Gasteiger partial charge in [0, 0.05) is 23.1 Å². The van der Waals surface area contributed by atoms with Crippen molar-refractivity contribution in [3.63, 3.8) is 0 Å². The molecule has 0 saturated heterocycles. The fraction of sp³-hybridized carbons (Fsp3) is 0.278. The third-order valence-electron chi connectivity index (χ3n) is 4.29. The Morgan fingerprint density at radius 2 is 1.92 bits per heavy atom. The normalized spacial score (nSPS) is 16.3. The Hall–Kier alpha value is -2.06. The van der Waals surface area contributed by atoms with Crippen molar-refractivity contribution in [2.24, 2.45) is 0 Å². The molecular weight excluding hydrogens is 420 g/mol. The molecule has 26 heavy (non-hydrogen) atoms. The van der Waals surface area contributed by atoms with Crippen LogP contribution in [0.5, 0.6) is 5.75 Å². The molecule has 0 saturated carbocycles. The number of nitrogens with zero attached hydrogens (tertiary/aromatic N) is 1. The molecule has 0 aromatic heterocycles. The first-order valence-corrected chi connectivity index (χ1v) is 10.3. The first-order chi connectivity index (χ1) is 12.2. The van der Waals surface area contributed by atoms with Crippen LogP contribution >= 0.6 is 15.9 Å². The van der Waals surface area contributed by atoms with E-state index in [9.17, 15) is 13.2 Å². The molecule has 1 heterocycles. The van der Waals surface area contributed by atoms with Crippen LogP contribution in [-0.4, -0.2) is 27.5 Å². The van der Waals surface area contributed by atoms with Gasteiger partial charge in [-0.05, 0) is 55.3 Å². The third kappa shape index (κ3) is 3.43. The molecule has 2 aromatic carbocycles. The summed E-state index contributed by atoms with van der Waals surface area (Å²) in [4.78, 5) is 13.7. The van der Waals surface area contributed by atoms with E-state index in [1.165, 1.54) is 13.0 Å². The minimum atomic E-state index is -3.89. The van der Waals surface area contributed by atoms with Gasteiger partial charge in [0.05, 0.1) is 12.8 Å². The van der Waals surface area contributed by atoms with E-state index >= 15 is 0 Å². The molecule has 1 atom stereocenters. The fourth-order valence-corrected chi connectivity index (χ4v) is 5.21. The zero-order chi connectivity index (χ0) is 19.1. The summed E-state index contributed by atoms with van der Waals surface area (Å²) in [5.74, 6) is 0.451. The molecule has 138 valence electrons. The molecular formula is C18H19BrN2O4S. The molecule has 1 aliphatic heterocycles. The fourth-order valence-electron chi connectivity index (χ4n) is 3.23. The average Bonchev–Trinajstić information content (AvgIpc) is 2.90. The molecule has 0 bridgehead atoms. The van der Waals surface area contributed by atoms with Crippen LogP contribution in [0.2, 0.25) is 0 Å². The summed E-state index contributed by atoms with van der Waals surface area (Å²) < 4.78 is 34.4. The number of amides is 1. The van der Waals surface area contributed by atoms with Crippen molar-refractivity contribution in [2.45, 2.75) is 31.2 Å². The van der Waals surface area contributed by atoms with Crippen LogP contribution in [-0.2, 0) is 21.2 Å². The number of fused-ring (bicyclic) bond motifs is 1. The lowest BCUT2D eigenvalue weighted by molar-refractivity contribution is -0.116. The van der Waals surface area contributed by atoms with Gasteiger partial charge in [-0.2, -0.15) is 0 Å². The maximum absolute atomic E-state index is 13.0. The molecule has 0 unspecified atom stereocenters. The maximum Gasteiger partial charge on any atom is 0.264 e. The van der Waals surface area contributed by atoms with Crippen molar-refractivity contribution in [3.8, 4) is 5.75 Å². The third-order valence-corrected chi connectivity index (χ3v) is 6.14.